The second-order valence-corrected chi connectivity index (χ2v) is 3.51. The monoisotopic (exact) mass is 238 g/mol. The van der Waals surface area contributed by atoms with Crippen molar-refractivity contribution in [3.8, 4) is 0 Å². The first-order valence-electron chi connectivity index (χ1n) is 4.02. The van der Waals surface area contributed by atoms with Crippen molar-refractivity contribution in [1.82, 2.24) is 0 Å². The molecule has 3 N–H and O–H groups in total. The molecule has 0 rings (SSSR count). The van der Waals surface area contributed by atoms with Gasteiger partial charge in [-0.3, -0.25) is 4.52 Å². The molecule has 0 unspecified atom stereocenters. The van der Waals surface area contributed by atoms with E-state index < -0.39 is 7.82 Å². The Morgan fingerprint density at radius 2 is 1.40 bits per heavy atom. The van der Waals surface area contributed by atoms with Crippen LogP contribution in [-0.4, -0.2) is 73.4 Å². The van der Waals surface area contributed by atoms with Crippen molar-refractivity contribution in [3.05, 3.63) is 0 Å². The molecule has 15 heavy (non-hydrogen) atoms. The van der Waals surface area contributed by atoms with Crippen molar-refractivity contribution in [2.45, 2.75) is 0 Å². The summed E-state index contributed by atoms with van der Waals surface area (Å²) in [6, 6.07) is 0. The summed E-state index contributed by atoms with van der Waals surface area (Å²) in [5.74, 6) is 0. The summed E-state index contributed by atoms with van der Waals surface area (Å²) in [7, 11) is -4.38. The summed E-state index contributed by atoms with van der Waals surface area (Å²) in [4.78, 5) is 16.5. The molecule has 0 aliphatic carbocycles. The van der Waals surface area contributed by atoms with Crippen LogP contribution in [0.15, 0.2) is 0 Å². The quantitative estimate of drug-likeness (QED) is 0.254. The van der Waals surface area contributed by atoms with Gasteiger partial charge in [0.25, 0.3) is 0 Å². The Kier molecular flexibility index (Phi) is 13.3. The zero-order chi connectivity index (χ0) is 10.9. The Labute approximate surface area is 100 Å². The molecule has 7 nitrogen and oxygen atoms in total. The van der Waals surface area contributed by atoms with E-state index in [0.717, 1.165) is 0 Å². The van der Waals surface area contributed by atoms with Crippen LogP contribution in [0, 0.1) is 0 Å². The van der Waals surface area contributed by atoms with E-state index in [9.17, 15) is 4.57 Å². The summed E-state index contributed by atoms with van der Waals surface area (Å²) < 4.78 is 24.0. The van der Waals surface area contributed by atoms with Gasteiger partial charge in [-0.05, 0) is 0 Å². The van der Waals surface area contributed by atoms with Crippen molar-refractivity contribution < 1.29 is 33.5 Å². The van der Waals surface area contributed by atoms with E-state index in [1.165, 1.54) is 0 Å². The number of ether oxygens (including phenoxy) is 2. The fourth-order valence-electron chi connectivity index (χ4n) is 0.602. The van der Waals surface area contributed by atoms with Crippen molar-refractivity contribution >= 4 is 26.7 Å². The van der Waals surface area contributed by atoms with E-state index >= 15 is 0 Å². The minimum absolute atomic E-state index is 0. The van der Waals surface area contributed by atoms with Crippen LogP contribution in [0.2, 0.25) is 0 Å². The fourth-order valence-corrected chi connectivity index (χ4v) is 0.914. The molecule has 0 aromatic rings. The Bertz CT molecular complexity index is 173. The third-order valence-corrected chi connectivity index (χ3v) is 1.61. The molecular weight excluding hydrogens is 222 g/mol. The van der Waals surface area contributed by atoms with E-state index in [2.05, 4.69) is 4.52 Å². The van der Waals surface area contributed by atoms with E-state index in [0.29, 0.717) is 13.2 Å². The van der Waals surface area contributed by atoms with Crippen molar-refractivity contribution in [2.24, 2.45) is 0 Å². The van der Waals surface area contributed by atoms with Crippen LogP contribution in [-0.2, 0) is 18.6 Å². The standard InChI is InChI=1S/C6H15O7P.Li.H/c7-1-2-11-3-4-12-5-6-13-14(8,9)10;;/h7H,1-6H2,(H2,8,9,10);;. The van der Waals surface area contributed by atoms with E-state index in [1.54, 1.807) is 0 Å². The van der Waals surface area contributed by atoms with Crippen LogP contribution in [0.3, 0.4) is 0 Å². The zero-order valence-corrected chi connectivity index (χ0v) is 8.56. The molecule has 0 aromatic heterocycles. The van der Waals surface area contributed by atoms with Crippen LogP contribution in [0.4, 0.5) is 0 Å². The van der Waals surface area contributed by atoms with Crippen molar-refractivity contribution in [2.75, 3.05) is 39.6 Å². The van der Waals surface area contributed by atoms with Gasteiger partial charge >= 0.3 is 26.7 Å². The van der Waals surface area contributed by atoms with Crippen LogP contribution in [0.25, 0.3) is 0 Å². The van der Waals surface area contributed by atoms with E-state index in [-0.39, 0.29) is 45.3 Å². The summed E-state index contributed by atoms with van der Waals surface area (Å²) in [6.45, 7) is 0.766. The van der Waals surface area contributed by atoms with Gasteiger partial charge < -0.3 is 24.4 Å². The van der Waals surface area contributed by atoms with E-state index in [1.807, 2.05) is 0 Å². The first kappa shape index (κ1) is 18.0. The van der Waals surface area contributed by atoms with Gasteiger partial charge in [-0.25, -0.2) is 4.57 Å². The number of aliphatic hydroxyl groups is 1. The third-order valence-electron chi connectivity index (χ3n) is 1.09. The van der Waals surface area contributed by atoms with Crippen LogP contribution in [0.1, 0.15) is 0 Å². The predicted molar refractivity (Wildman–Crippen MR) is 53.9 cm³/mol. The zero-order valence-electron chi connectivity index (χ0n) is 7.66. The van der Waals surface area contributed by atoms with Crippen molar-refractivity contribution in [3.63, 3.8) is 0 Å². The fraction of sp³-hybridized carbons (Fsp3) is 1.00. The molecule has 0 aliphatic heterocycles. The van der Waals surface area contributed by atoms with Gasteiger partial charge in [-0.15, -0.1) is 0 Å². The normalized spacial score (nSPS) is 11.1. The summed E-state index contributed by atoms with van der Waals surface area (Å²) in [5.41, 5.74) is 0. The average molecular weight is 238 g/mol. The van der Waals surface area contributed by atoms with Crippen molar-refractivity contribution in [1.29, 1.82) is 0 Å². The van der Waals surface area contributed by atoms with Crippen LogP contribution < -0.4 is 0 Å². The first-order valence-corrected chi connectivity index (χ1v) is 5.56. The molecule has 0 aromatic carbocycles. The van der Waals surface area contributed by atoms with Gasteiger partial charge in [0.05, 0.1) is 39.6 Å². The molecule has 0 saturated heterocycles. The third kappa shape index (κ3) is 17.2. The number of phosphoric acid groups is 1. The number of hydrogen-bond acceptors (Lipinski definition) is 5. The second kappa shape index (κ2) is 11.1. The average Bonchev–Trinajstić information content (AvgIpc) is 2.08. The summed E-state index contributed by atoms with van der Waals surface area (Å²) >= 11 is 0. The van der Waals surface area contributed by atoms with Gasteiger partial charge in [0, 0.05) is 0 Å². The van der Waals surface area contributed by atoms with Gasteiger partial charge in [0.1, 0.15) is 0 Å². The molecule has 0 fully saturated rings. The maximum atomic E-state index is 10.2. The molecule has 0 radical (unpaired) electrons. The number of rotatable bonds is 9. The molecule has 0 atom stereocenters. The minimum atomic E-state index is -4.38. The number of phosphoric ester groups is 1. The predicted octanol–water partition coefficient (Wildman–Crippen LogP) is -1.53. The SMILES string of the molecule is O=P(O)(O)OCCOCCOCCO.[LiH]. The Morgan fingerprint density at radius 3 is 1.87 bits per heavy atom. The maximum absolute atomic E-state index is 10.2. The number of aliphatic hydroxyl groups excluding tert-OH is 1. The summed E-state index contributed by atoms with van der Waals surface area (Å²) in [5, 5.41) is 8.32. The molecule has 0 spiro atoms. The first-order chi connectivity index (χ1) is 6.56. The molecular formula is C6H16LiO7P. The topological polar surface area (TPSA) is 105 Å². The molecule has 88 valence electrons. The summed E-state index contributed by atoms with van der Waals surface area (Å²) in [6.07, 6.45) is 0. The van der Waals surface area contributed by atoms with E-state index in [4.69, 9.17) is 24.4 Å². The van der Waals surface area contributed by atoms with Crippen LogP contribution >= 0.6 is 7.82 Å². The van der Waals surface area contributed by atoms with Gasteiger partial charge in [-0.2, -0.15) is 0 Å². The molecule has 0 saturated carbocycles. The Balaban J connectivity index is 0. The molecule has 0 heterocycles. The Morgan fingerprint density at radius 1 is 0.933 bits per heavy atom. The van der Waals surface area contributed by atoms with Gasteiger partial charge in [-0.1, -0.05) is 0 Å². The second-order valence-electron chi connectivity index (χ2n) is 2.27. The number of hydrogen-bond donors (Lipinski definition) is 3. The van der Waals surface area contributed by atoms with Crippen LogP contribution in [0.5, 0.6) is 0 Å². The molecule has 9 heteroatoms. The molecule has 0 amide bonds. The molecule has 0 bridgehead atoms. The van der Waals surface area contributed by atoms with Gasteiger partial charge in [0.2, 0.25) is 0 Å². The Hall–Kier alpha value is 0.587. The molecule has 0 aliphatic rings. The van der Waals surface area contributed by atoms with Gasteiger partial charge in [0.15, 0.2) is 0 Å².